The molecule has 4 amide bonds. The third-order valence-electron chi connectivity index (χ3n) is 16.7. The van der Waals surface area contributed by atoms with Crippen molar-refractivity contribution in [3.63, 3.8) is 0 Å². The molecule has 2 fully saturated rings. The van der Waals surface area contributed by atoms with E-state index >= 15 is 0 Å². The topological polar surface area (TPSA) is 293 Å². The Kier molecular flexibility index (Phi) is 21.4. The summed E-state index contributed by atoms with van der Waals surface area (Å²) in [5.41, 5.74) is 23.6. The van der Waals surface area contributed by atoms with E-state index in [1.54, 1.807) is 36.4 Å². The average molecular weight is 1180 g/mol. The Morgan fingerprint density at radius 1 is 0.523 bits per heavy atom. The van der Waals surface area contributed by atoms with Crippen LogP contribution in [0.1, 0.15) is 94.3 Å². The van der Waals surface area contributed by atoms with Gasteiger partial charge in [0.1, 0.15) is 17.8 Å². The third kappa shape index (κ3) is 16.4. The van der Waals surface area contributed by atoms with E-state index in [2.05, 4.69) is 80.4 Å². The lowest BCUT2D eigenvalue weighted by atomic mass is 9.90. The summed E-state index contributed by atoms with van der Waals surface area (Å²) >= 11 is 0. The zero-order valence-electron chi connectivity index (χ0n) is 49.9. The van der Waals surface area contributed by atoms with Crippen molar-refractivity contribution < 1.29 is 24.3 Å². The zero-order valence-corrected chi connectivity index (χ0v) is 49.9. The fourth-order valence-corrected chi connectivity index (χ4v) is 12.0. The van der Waals surface area contributed by atoms with E-state index in [1.165, 1.54) is 0 Å². The van der Waals surface area contributed by atoms with E-state index in [9.17, 15) is 24.3 Å². The number of aromatic hydroxyl groups is 1. The van der Waals surface area contributed by atoms with Gasteiger partial charge >= 0.3 is 0 Å². The quantitative estimate of drug-likeness (QED) is 0.0198. The SMILES string of the molecule is CCC(NC(=N)N)[C@@H]1N[C@H](CNC(=O)c2ccc3cc(N)ccc3c2)CCN(CC(c2ccccc2)c2ccccc2)C1=O.CCC(NC(=N)N)[C@@H]1N[C@H](CNC(=O)c2ccc3cc(O)ccc3c2)CCN(CC(c2ccccc2)c2ccccc2)C1=O. The number of rotatable bonds is 20. The molecule has 0 spiro atoms. The molecule has 6 atom stereocenters. The maximum Gasteiger partial charge on any atom is 0.251 e. The summed E-state index contributed by atoms with van der Waals surface area (Å²) in [6, 6.07) is 60.0. The van der Waals surface area contributed by atoms with E-state index < -0.39 is 24.2 Å². The lowest BCUT2D eigenvalue weighted by Crippen LogP contribution is -2.60. The summed E-state index contributed by atoms with van der Waals surface area (Å²) in [5.74, 6) is -0.740. The van der Waals surface area contributed by atoms with Crippen LogP contribution in [0.4, 0.5) is 5.69 Å². The lowest BCUT2D eigenvalue weighted by molar-refractivity contribution is -0.134. The first kappa shape index (κ1) is 62.7. The Labute approximate surface area is 514 Å². The molecule has 0 aromatic heterocycles. The molecular weight excluding hydrogens is 1100 g/mol. The first-order chi connectivity index (χ1) is 42.6. The molecule has 18 heteroatoms. The Balaban J connectivity index is 0.000000209. The monoisotopic (exact) mass is 1180 g/mol. The maximum absolute atomic E-state index is 14.2. The van der Waals surface area contributed by atoms with Gasteiger partial charge in [-0.05, 0) is 118 Å². The largest absolute Gasteiger partial charge is 0.508 e. The van der Waals surface area contributed by atoms with Crippen LogP contribution in [0.3, 0.4) is 0 Å². The van der Waals surface area contributed by atoms with Crippen LogP contribution in [0.2, 0.25) is 0 Å². The molecule has 8 aromatic rings. The molecule has 2 saturated heterocycles. The molecule has 18 nitrogen and oxygen atoms in total. The number of phenols is 1. The third-order valence-corrected chi connectivity index (χ3v) is 16.7. The Morgan fingerprint density at radius 3 is 1.25 bits per heavy atom. The van der Waals surface area contributed by atoms with Crippen molar-refractivity contribution in [2.24, 2.45) is 11.5 Å². The summed E-state index contributed by atoms with van der Waals surface area (Å²) in [4.78, 5) is 58.6. The van der Waals surface area contributed by atoms with E-state index in [0.29, 0.717) is 81.8 Å². The predicted molar refractivity (Wildman–Crippen MR) is 350 cm³/mol. The number of carbonyl (C=O) groups is 4. The second-order valence-electron chi connectivity index (χ2n) is 22.7. The zero-order chi connectivity index (χ0) is 62.1. The fraction of sp³-hybridized carbons (Fsp3) is 0.286. The minimum Gasteiger partial charge on any atom is -0.508 e. The fourth-order valence-electron chi connectivity index (χ4n) is 12.0. The minimum absolute atomic E-state index is 0.0117. The predicted octanol–water partition coefficient (Wildman–Crippen LogP) is 7.73. The van der Waals surface area contributed by atoms with Gasteiger partial charge in [-0.1, -0.05) is 159 Å². The lowest BCUT2D eigenvalue weighted by Gasteiger charge is -2.33. The highest BCUT2D eigenvalue weighted by Gasteiger charge is 2.39. The highest BCUT2D eigenvalue weighted by molar-refractivity contribution is 6.00. The first-order valence-electron chi connectivity index (χ1n) is 30.2. The molecule has 0 radical (unpaired) electrons. The molecule has 2 aliphatic heterocycles. The van der Waals surface area contributed by atoms with Crippen LogP contribution in [0, 0.1) is 10.8 Å². The van der Waals surface area contributed by atoms with Crippen molar-refractivity contribution in [2.75, 3.05) is 45.0 Å². The number of phenolic OH excluding ortho intramolecular Hbond substituents is 1. The number of fused-ring (bicyclic) bond motifs is 2. The highest BCUT2D eigenvalue weighted by atomic mass is 16.3. The van der Waals surface area contributed by atoms with E-state index in [4.69, 9.17) is 28.0 Å². The number of hydrogen-bond donors (Lipinski definition) is 12. The Morgan fingerprint density at radius 2 is 0.875 bits per heavy atom. The van der Waals surface area contributed by atoms with Gasteiger partial charge in [0.25, 0.3) is 11.8 Å². The summed E-state index contributed by atoms with van der Waals surface area (Å²) in [6.45, 7) is 6.61. The second kappa shape index (κ2) is 30.0. The highest BCUT2D eigenvalue weighted by Crippen LogP contribution is 2.30. The Hall–Kier alpha value is -9.78. The number of amides is 4. The second-order valence-corrected chi connectivity index (χ2v) is 22.7. The average Bonchev–Trinajstić information content (AvgIpc) is 3.38. The molecule has 88 heavy (non-hydrogen) atoms. The maximum atomic E-state index is 14.2. The van der Waals surface area contributed by atoms with Crippen molar-refractivity contribution in [3.05, 3.63) is 228 Å². The van der Waals surface area contributed by atoms with Crippen LogP contribution in [-0.4, -0.2) is 126 Å². The summed E-state index contributed by atoms with van der Waals surface area (Å²) in [5, 5.41) is 48.2. The van der Waals surface area contributed by atoms with Crippen molar-refractivity contribution in [2.45, 2.75) is 87.6 Å². The van der Waals surface area contributed by atoms with Gasteiger partial charge in [0, 0.05) is 80.0 Å². The summed E-state index contributed by atoms with van der Waals surface area (Å²) < 4.78 is 0. The number of hydrogen-bond acceptors (Lipinski definition) is 10. The van der Waals surface area contributed by atoms with E-state index in [-0.39, 0.29) is 65.2 Å². The van der Waals surface area contributed by atoms with Crippen molar-refractivity contribution in [1.29, 1.82) is 10.8 Å². The molecule has 0 saturated carbocycles. The van der Waals surface area contributed by atoms with Gasteiger partial charge in [0.05, 0.1) is 12.1 Å². The van der Waals surface area contributed by atoms with Gasteiger partial charge in [-0.15, -0.1) is 0 Å². The number of guanidine groups is 2. The summed E-state index contributed by atoms with van der Waals surface area (Å²) in [6.07, 6.45) is 2.43. The molecule has 456 valence electrons. The molecule has 2 aliphatic rings. The molecular formula is C70H81N13O5. The summed E-state index contributed by atoms with van der Waals surface area (Å²) in [7, 11) is 0. The molecule has 0 bridgehead atoms. The van der Waals surface area contributed by atoms with Crippen LogP contribution in [0.15, 0.2) is 194 Å². The van der Waals surface area contributed by atoms with Crippen LogP contribution in [-0.2, 0) is 9.59 Å². The van der Waals surface area contributed by atoms with Gasteiger partial charge in [-0.25, -0.2) is 0 Å². The smallest absolute Gasteiger partial charge is 0.251 e. The standard InChI is InChI=1S/C35H41N7O2.C35H40N6O3/c1-2-31(41-35(37)38)32-34(44)42(22-30(23-9-5-3-6-10-23)24-11-7-4-8-12-24)18-17-29(40-32)21-39-33(43)27-14-13-26-20-28(36)16-15-25(26)19-27;1-2-31(40-35(36)37)32-34(44)41(22-30(23-9-5-3-6-10-23)24-11-7-4-8-12-24)18-17-28(39-32)21-38-33(43)27-14-13-26-20-29(42)16-15-25(26)19-27/h3-16,19-20,29-32,40H,2,17-18,21-22,36H2,1H3,(H,39,43)(H4,37,38,41);3-16,19-20,28,30-32,39,42H,2,17-18,21-22H2,1H3,(H,38,43)(H4,36,37,40)/t29-,31?,32-;28-,31?,32-/m00/s1. The van der Waals surface area contributed by atoms with Gasteiger partial charge in [-0.2, -0.15) is 0 Å². The van der Waals surface area contributed by atoms with Crippen molar-refractivity contribution in [3.8, 4) is 5.75 Å². The molecule has 2 unspecified atom stereocenters. The minimum atomic E-state index is -0.645. The Bertz CT molecular complexity index is 3350. The van der Waals surface area contributed by atoms with Gasteiger partial charge < -0.3 is 53.4 Å². The molecule has 8 aromatic carbocycles. The van der Waals surface area contributed by atoms with Crippen LogP contribution in [0.25, 0.3) is 21.5 Å². The van der Waals surface area contributed by atoms with E-state index in [0.717, 1.165) is 43.8 Å². The van der Waals surface area contributed by atoms with Gasteiger partial charge in [0.2, 0.25) is 11.8 Å². The van der Waals surface area contributed by atoms with E-state index in [1.807, 2.05) is 133 Å². The molecule has 10 rings (SSSR count). The van der Waals surface area contributed by atoms with Gasteiger partial charge in [0.15, 0.2) is 11.9 Å². The van der Waals surface area contributed by atoms with Crippen molar-refractivity contribution in [1.82, 2.24) is 41.7 Å². The van der Waals surface area contributed by atoms with Crippen LogP contribution >= 0.6 is 0 Å². The molecule has 0 aliphatic carbocycles. The molecule has 2 heterocycles. The number of nitrogen functional groups attached to an aromatic ring is 1. The van der Waals surface area contributed by atoms with Crippen LogP contribution < -0.4 is 49.1 Å². The normalized spacial score (nSPS) is 17.7. The number of benzene rings is 8. The number of carbonyl (C=O) groups excluding carboxylic acids is 4. The van der Waals surface area contributed by atoms with Crippen molar-refractivity contribution >= 4 is 62.8 Å². The number of anilines is 1. The number of nitrogens with zero attached hydrogens (tertiary/aromatic N) is 2. The van der Waals surface area contributed by atoms with Crippen LogP contribution in [0.5, 0.6) is 5.75 Å². The van der Waals surface area contributed by atoms with Gasteiger partial charge in [-0.3, -0.25) is 40.6 Å². The number of nitrogens with two attached hydrogens (primary N) is 3. The number of nitrogens with one attached hydrogen (secondary N) is 8. The first-order valence-corrected chi connectivity index (χ1v) is 30.2. The molecule has 15 N–H and O–H groups in total.